The lowest BCUT2D eigenvalue weighted by molar-refractivity contribution is -0.143. The molecule has 0 radical (unpaired) electrons. The highest BCUT2D eigenvalue weighted by molar-refractivity contribution is 5.89. The average Bonchev–Trinajstić information content (AvgIpc) is 3.16. The van der Waals surface area contributed by atoms with Gasteiger partial charge in [0.2, 0.25) is 5.88 Å². The van der Waals surface area contributed by atoms with Crippen molar-refractivity contribution in [2.45, 2.75) is 75.8 Å². The molecule has 1 saturated heterocycles. The minimum absolute atomic E-state index is 0.0128. The molecule has 0 unspecified atom stereocenters. The van der Waals surface area contributed by atoms with Crippen LogP contribution in [0.15, 0.2) is 36.5 Å². The predicted molar refractivity (Wildman–Crippen MR) is 194 cm³/mol. The number of anilines is 2. The van der Waals surface area contributed by atoms with Crippen LogP contribution >= 0.6 is 0 Å². The summed E-state index contributed by atoms with van der Waals surface area (Å²) in [4.78, 5) is 49.1. The summed E-state index contributed by atoms with van der Waals surface area (Å²) in [6.07, 6.45) is -8.93. The fourth-order valence-corrected chi connectivity index (χ4v) is 6.46. The smallest absolute Gasteiger partial charge is 0.416 e. The Morgan fingerprint density at radius 1 is 0.914 bits per heavy atom. The van der Waals surface area contributed by atoms with Gasteiger partial charge < -0.3 is 40.2 Å². The van der Waals surface area contributed by atoms with Gasteiger partial charge in [0.25, 0.3) is 0 Å². The quantitative estimate of drug-likeness (QED) is 0.106. The minimum Gasteiger partial charge on any atom is -0.481 e. The predicted octanol–water partition coefficient (Wildman–Crippen LogP) is 6.16. The highest BCUT2D eigenvalue weighted by Crippen LogP contribution is 2.45. The second-order valence-corrected chi connectivity index (χ2v) is 13.4. The number of carboxylic acids is 2. The summed E-state index contributed by atoms with van der Waals surface area (Å²) < 4.78 is 97.6. The molecule has 1 amide bonds. The number of aromatic nitrogens is 3. The molecule has 5 rings (SSSR count). The Morgan fingerprint density at radius 3 is 2.00 bits per heavy atom. The van der Waals surface area contributed by atoms with E-state index in [0.717, 1.165) is 4.90 Å². The van der Waals surface area contributed by atoms with E-state index in [9.17, 15) is 45.8 Å². The number of morpholine rings is 1. The van der Waals surface area contributed by atoms with Crippen LogP contribution in [0.4, 0.5) is 42.5 Å². The van der Waals surface area contributed by atoms with Crippen molar-refractivity contribution in [1.29, 1.82) is 0 Å². The summed E-state index contributed by atoms with van der Waals surface area (Å²) in [5, 5.41) is 26.6. The summed E-state index contributed by atoms with van der Waals surface area (Å²) in [5.41, 5.74) is 3.13. The number of carbonyl (C=O) groups is 3. The third-order valence-corrected chi connectivity index (χ3v) is 9.37. The molecule has 0 aliphatic carbocycles. The summed E-state index contributed by atoms with van der Waals surface area (Å²) in [6.45, 7) is 3.96. The number of pyridine rings is 1. The highest BCUT2D eigenvalue weighted by atomic mass is 19.4. The number of alkyl halides is 6. The summed E-state index contributed by atoms with van der Waals surface area (Å²) in [5.74, 6) is -2.16. The van der Waals surface area contributed by atoms with Crippen molar-refractivity contribution < 1.29 is 70.3 Å². The summed E-state index contributed by atoms with van der Waals surface area (Å²) in [6, 6.07) is 4.41. The van der Waals surface area contributed by atoms with Crippen molar-refractivity contribution in [3.05, 3.63) is 70.4 Å². The Labute approximate surface area is 328 Å². The van der Waals surface area contributed by atoms with Gasteiger partial charge in [-0.15, -0.1) is 0 Å². The number of fused-ring (bicyclic) bond motifs is 1. The Balaban J connectivity index is 0.000000492. The molecule has 3 aromatic rings. The Hall–Kier alpha value is -5.28. The Bertz CT molecular complexity index is 1860. The fraction of sp³-hybridized carbons (Fsp3) is 0.514. The second-order valence-electron chi connectivity index (χ2n) is 13.4. The number of nitrogens with two attached hydrogens (primary N) is 1. The first-order valence-corrected chi connectivity index (χ1v) is 18.1. The number of hydrogen-bond donors (Lipinski definition) is 4. The Morgan fingerprint density at radius 2 is 1.50 bits per heavy atom. The lowest BCUT2D eigenvalue weighted by Crippen LogP contribution is -2.61. The molecule has 15 nitrogen and oxygen atoms in total. The van der Waals surface area contributed by atoms with E-state index in [2.05, 4.69) is 9.97 Å². The molecular formula is C37H44F6N6O9. The SMILES string of the molecule is CC[C@]1(N)C[C@H](c2ncc(N3CCOCC3)c(Cc3cc(C(F)(F)F)cc(C(F)(F)F)c3)n2)c2nc(OC)ccc2N1C(=O)O.O=C(O)CCCOCCCC(=O)O. The number of aliphatic carboxylic acids is 2. The normalized spacial score (nSPS) is 18.2. The number of nitrogens with zero attached hydrogens (tertiary/aromatic N) is 5. The molecule has 4 heterocycles. The van der Waals surface area contributed by atoms with E-state index in [4.69, 9.17) is 35.1 Å². The van der Waals surface area contributed by atoms with E-state index in [1.54, 1.807) is 6.92 Å². The topological polar surface area (TPSA) is 211 Å². The number of rotatable bonds is 14. The Kier molecular flexibility index (Phi) is 15.2. The third-order valence-electron chi connectivity index (χ3n) is 9.37. The van der Waals surface area contributed by atoms with Crippen molar-refractivity contribution in [3.63, 3.8) is 0 Å². The van der Waals surface area contributed by atoms with Gasteiger partial charge in [0.1, 0.15) is 11.5 Å². The average molecular weight is 831 g/mol. The van der Waals surface area contributed by atoms with E-state index in [-0.39, 0.29) is 72.5 Å². The van der Waals surface area contributed by atoms with Gasteiger partial charge in [-0.2, -0.15) is 26.3 Å². The van der Waals surface area contributed by atoms with Crippen LogP contribution in [0.1, 0.15) is 85.3 Å². The fourth-order valence-electron chi connectivity index (χ4n) is 6.46. The molecule has 318 valence electrons. The molecule has 0 saturated carbocycles. The van der Waals surface area contributed by atoms with Gasteiger partial charge in [-0.3, -0.25) is 14.5 Å². The van der Waals surface area contributed by atoms with Crippen LogP contribution in [-0.2, 0) is 37.8 Å². The summed E-state index contributed by atoms with van der Waals surface area (Å²) in [7, 11) is 1.39. The van der Waals surface area contributed by atoms with Gasteiger partial charge in [-0.1, -0.05) is 6.92 Å². The number of ether oxygens (including phenoxy) is 3. The molecule has 58 heavy (non-hydrogen) atoms. The molecule has 0 bridgehead atoms. The van der Waals surface area contributed by atoms with Crippen LogP contribution in [0.2, 0.25) is 0 Å². The van der Waals surface area contributed by atoms with Gasteiger partial charge >= 0.3 is 30.4 Å². The maximum absolute atomic E-state index is 13.7. The van der Waals surface area contributed by atoms with Crippen molar-refractivity contribution in [3.8, 4) is 5.88 Å². The zero-order valence-electron chi connectivity index (χ0n) is 31.6. The van der Waals surface area contributed by atoms with Crippen LogP contribution in [-0.4, -0.2) is 101 Å². The molecular weight excluding hydrogens is 786 g/mol. The van der Waals surface area contributed by atoms with Crippen molar-refractivity contribution in [1.82, 2.24) is 15.0 Å². The standard InChI is InChI=1S/C29H30F6N6O4.C8H14O5/c1-3-27(36)14-19(24-21(41(27)26(42)43)4-5-23(39-24)44-2)25-37-15-22(40-6-8-45-9-7-40)20(38-25)12-16-10-17(28(30,31)32)13-18(11-16)29(33,34)35;9-7(10)3-1-5-13-6-2-4-8(11)12/h4-5,10-11,13,15,19H,3,6-9,12,14,36H2,1-2H3,(H,42,43);1-6H2,(H,9,10)(H,11,12)/t19-,27+;/m0./s1. The molecule has 2 aromatic heterocycles. The van der Waals surface area contributed by atoms with Gasteiger partial charge in [0.15, 0.2) is 0 Å². The van der Waals surface area contributed by atoms with Crippen molar-refractivity contribution in [2.75, 3.05) is 56.4 Å². The molecule has 5 N–H and O–H groups in total. The van der Waals surface area contributed by atoms with Gasteiger partial charge in [0, 0.05) is 51.6 Å². The van der Waals surface area contributed by atoms with Crippen molar-refractivity contribution >= 4 is 29.4 Å². The number of benzene rings is 1. The maximum atomic E-state index is 13.7. The largest absolute Gasteiger partial charge is 0.481 e. The number of hydrogen-bond acceptors (Lipinski definition) is 11. The van der Waals surface area contributed by atoms with Gasteiger partial charge in [-0.05, 0) is 55.5 Å². The van der Waals surface area contributed by atoms with E-state index in [0.29, 0.717) is 70.2 Å². The second kappa shape index (κ2) is 19.4. The monoisotopic (exact) mass is 830 g/mol. The van der Waals surface area contributed by atoms with Crippen LogP contribution in [0.5, 0.6) is 5.88 Å². The number of amides is 1. The minimum atomic E-state index is -5.02. The van der Waals surface area contributed by atoms with E-state index in [1.807, 2.05) is 4.90 Å². The van der Waals surface area contributed by atoms with E-state index < -0.39 is 53.1 Å². The molecule has 1 fully saturated rings. The molecule has 1 aromatic carbocycles. The van der Waals surface area contributed by atoms with Crippen molar-refractivity contribution in [2.24, 2.45) is 5.73 Å². The first-order valence-electron chi connectivity index (χ1n) is 18.1. The zero-order chi connectivity index (χ0) is 42.8. The number of carboxylic acid groups (broad SMARTS) is 3. The lowest BCUT2D eigenvalue weighted by Gasteiger charge is -2.45. The number of methoxy groups -OCH3 is 1. The number of halogens is 6. The zero-order valence-corrected chi connectivity index (χ0v) is 31.6. The van der Waals surface area contributed by atoms with Gasteiger partial charge in [-0.25, -0.2) is 19.7 Å². The van der Waals surface area contributed by atoms with Crippen LogP contribution in [0, 0.1) is 0 Å². The van der Waals surface area contributed by atoms with Gasteiger partial charge in [0.05, 0.1) is 66.3 Å². The molecule has 2 aliphatic heterocycles. The third kappa shape index (κ3) is 11.9. The molecule has 0 spiro atoms. The van der Waals surface area contributed by atoms with Crippen LogP contribution in [0.3, 0.4) is 0 Å². The van der Waals surface area contributed by atoms with E-state index >= 15 is 0 Å². The van der Waals surface area contributed by atoms with E-state index in [1.165, 1.54) is 25.4 Å². The summed E-state index contributed by atoms with van der Waals surface area (Å²) >= 11 is 0. The molecule has 2 atom stereocenters. The highest BCUT2D eigenvalue weighted by Gasteiger charge is 2.47. The first-order chi connectivity index (χ1) is 27.3. The van der Waals surface area contributed by atoms with Crippen LogP contribution in [0.25, 0.3) is 0 Å². The van der Waals surface area contributed by atoms with Crippen LogP contribution < -0.4 is 20.3 Å². The first kappa shape index (κ1) is 45.4. The maximum Gasteiger partial charge on any atom is 0.416 e. The molecule has 2 aliphatic rings. The lowest BCUT2D eigenvalue weighted by atomic mass is 9.83. The molecule has 21 heteroatoms.